The highest BCUT2D eigenvalue weighted by molar-refractivity contribution is 5.78. The van der Waals surface area contributed by atoms with E-state index in [9.17, 15) is 4.79 Å². The number of nitrogens with zero attached hydrogens (tertiary/aromatic N) is 2. The van der Waals surface area contributed by atoms with Gasteiger partial charge in [-0.1, -0.05) is 30.3 Å². The van der Waals surface area contributed by atoms with Crippen LogP contribution in [0.5, 0.6) is 0 Å². The minimum Gasteiger partial charge on any atom is -0.338 e. The third-order valence-corrected chi connectivity index (χ3v) is 3.82. The van der Waals surface area contributed by atoms with E-state index in [0.717, 1.165) is 26.2 Å². The first kappa shape index (κ1) is 14.0. The molecular formula is C15H23N3O. The fourth-order valence-corrected chi connectivity index (χ4v) is 2.63. The number of hydrogen-bond acceptors (Lipinski definition) is 3. The van der Waals surface area contributed by atoms with Crippen molar-refractivity contribution in [3.05, 3.63) is 35.9 Å². The maximum absolute atomic E-state index is 11.7. The number of carbonyl (C=O) groups is 1. The first-order chi connectivity index (χ1) is 9.03. The van der Waals surface area contributed by atoms with Crippen LogP contribution in [-0.2, 0) is 11.3 Å². The summed E-state index contributed by atoms with van der Waals surface area (Å²) in [7, 11) is 0. The van der Waals surface area contributed by atoms with Gasteiger partial charge in [0, 0.05) is 31.7 Å². The van der Waals surface area contributed by atoms with Crippen LogP contribution in [-0.4, -0.2) is 47.4 Å². The van der Waals surface area contributed by atoms with Crippen LogP contribution in [0.1, 0.15) is 19.4 Å². The minimum atomic E-state index is -0.0150. The van der Waals surface area contributed by atoms with E-state index >= 15 is 0 Å². The van der Waals surface area contributed by atoms with E-state index in [-0.39, 0.29) is 18.0 Å². The summed E-state index contributed by atoms with van der Waals surface area (Å²) in [4.78, 5) is 16.0. The summed E-state index contributed by atoms with van der Waals surface area (Å²) in [6, 6.07) is 10.5. The van der Waals surface area contributed by atoms with Crippen molar-refractivity contribution in [1.82, 2.24) is 9.80 Å². The molecule has 1 saturated heterocycles. The molecule has 0 saturated carbocycles. The zero-order chi connectivity index (χ0) is 13.9. The van der Waals surface area contributed by atoms with Crippen molar-refractivity contribution < 1.29 is 4.79 Å². The van der Waals surface area contributed by atoms with E-state index < -0.39 is 0 Å². The molecule has 0 atom stereocenters. The van der Waals surface area contributed by atoms with Crippen LogP contribution in [0.15, 0.2) is 30.3 Å². The van der Waals surface area contributed by atoms with Gasteiger partial charge < -0.3 is 10.6 Å². The normalized spacial score (nSPS) is 19.4. The molecule has 1 amide bonds. The van der Waals surface area contributed by atoms with Crippen LogP contribution in [0.3, 0.4) is 0 Å². The molecule has 19 heavy (non-hydrogen) atoms. The van der Waals surface area contributed by atoms with Crippen molar-refractivity contribution in [1.29, 1.82) is 0 Å². The molecule has 1 aliphatic heterocycles. The summed E-state index contributed by atoms with van der Waals surface area (Å²) in [5.74, 6) is 0.0486. The molecule has 4 heteroatoms. The molecule has 1 aromatic carbocycles. The highest BCUT2D eigenvalue weighted by Gasteiger charge is 2.34. The Bertz CT molecular complexity index is 430. The van der Waals surface area contributed by atoms with Gasteiger partial charge in [-0.15, -0.1) is 0 Å². The fourth-order valence-electron chi connectivity index (χ4n) is 2.63. The van der Waals surface area contributed by atoms with Crippen molar-refractivity contribution in [3.8, 4) is 0 Å². The van der Waals surface area contributed by atoms with Gasteiger partial charge in [0.2, 0.25) is 5.91 Å². The van der Waals surface area contributed by atoms with Gasteiger partial charge in [0.25, 0.3) is 0 Å². The van der Waals surface area contributed by atoms with Gasteiger partial charge in [0.1, 0.15) is 0 Å². The molecule has 2 N–H and O–H groups in total. The maximum Gasteiger partial charge on any atom is 0.236 e. The topological polar surface area (TPSA) is 49.6 Å². The Hall–Kier alpha value is -1.39. The van der Waals surface area contributed by atoms with E-state index in [0.29, 0.717) is 0 Å². The zero-order valence-electron chi connectivity index (χ0n) is 11.8. The van der Waals surface area contributed by atoms with Crippen molar-refractivity contribution in [2.45, 2.75) is 25.9 Å². The van der Waals surface area contributed by atoms with E-state index in [4.69, 9.17) is 5.73 Å². The van der Waals surface area contributed by atoms with Crippen molar-refractivity contribution in [2.75, 3.05) is 26.2 Å². The second kappa shape index (κ2) is 5.72. The molecule has 4 nitrogen and oxygen atoms in total. The molecule has 0 spiro atoms. The third kappa shape index (κ3) is 3.33. The molecule has 2 rings (SSSR count). The predicted molar refractivity (Wildman–Crippen MR) is 76.6 cm³/mol. The second-order valence-corrected chi connectivity index (χ2v) is 5.74. The SMILES string of the molecule is CC1(C)CN(C(=O)CN)CCN1Cc1ccccc1. The van der Waals surface area contributed by atoms with Crippen LogP contribution in [0.25, 0.3) is 0 Å². The van der Waals surface area contributed by atoms with Gasteiger partial charge in [-0.3, -0.25) is 9.69 Å². The Morgan fingerprint density at radius 1 is 1.26 bits per heavy atom. The number of hydrogen-bond donors (Lipinski definition) is 1. The highest BCUT2D eigenvalue weighted by atomic mass is 16.2. The van der Waals surface area contributed by atoms with Crippen LogP contribution >= 0.6 is 0 Å². The average Bonchev–Trinajstić information content (AvgIpc) is 2.41. The Kier molecular flexibility index (Phi) is 4.22. The summed E-state index contributed by atoms with van der Waals surface area (Å²) in [6.07, 6.45) is 0. The van der Waals surface area contributed by atoms with Crippen molar-refractivity contribution in [2.24, 2.45) is 5.73 Å². The number of benzene rings is 1. The molecule has 0 radical (unpaired) electrons. The predicted octanol–water partition coefficient (Wildman–Crippen LogP) is 1.07. The molecule has 1 fully saturated rings. The summed E-state index contributed by atoms with van der Waals surface area (Å²) in [6.45, 7) is 7.82. The molecule has 0 unspecified atom stereocenters. The summed E-state index contributed by atoms with van der Waals surface area (Å²) in [5.41, 5.74) is 6.74. The molecule has 1 aromatic rings. The van der Waals surface area contributed by atoms with Crippen molar-refractivity contribution in [3.63, 3.8) is 0 Å². The largest absolute Gasteiger partial charge is 0.338 e. The quantitative estimate of drug-likeness (QED) is 0.885. The molecule has 1 heterocycles. The Balaban J connectivity index is 2.02. The minimum absolute atomic E-state index is 0.0150. The first-order valence-electron chi connectivity index (χ1n) is 6.80. The van der Waals surface area contributed by atoms with Gasteiger partial charge >= 0.3 is 0 Å². The number of amides is 1. The zero-order valence-corrected chi connectivity index (χ0v) is 11.8. The number of piperazine rings is 1. The maximum atomic E-state index is 11.7. The summed E-state index contributed by atoms with van der Waals surface area (Å²) < 4.78 is 0. The standard InChI is InChI=1S/C15H23N3O/c1-15(2)12-17(14(19)10-16)8-9-18(15)11-13-6-4-3-5-7-13/h3-7H,8-12,16H2,1-2H3. The number of nitrogens with two attached hydrogens (primary N) is 1. The van der Waals surface area contributed by atoms with E-state index in [1.54, 1.807) is 0 Å². The van der Waals surface area contributed by atoms with Crippen LogP contribution in [0.2, 0.25) is 0 Å². The molecule has 0 aliphatic carbocycles. The molecule has 104 valence electrons. The first-order valence-corrected chi connectivity index (χ1v) is 6.80. The van der Waals surface area contributed by atoms with Gasteiger partial charge in [0.05, 0.1) is 6.54 Å². The van der Waals surface area contributed by atoms with Gasteiger partial charge in [0.15, 0.2) is 0 Å². The third-order valence-electron chi connectivity index (χ3n) is 3.82. The lowest BCUT2D eigenvalue weighted by Crippen LogP contribution is -2.60. The molecule has 1 aliphatic rings. The summed E-state index contributed by atoms with van der Waals surface area (Å²) in [5, 5.41) is 0. The van der Waals surface area contributed by atoms with Gasteiger partial charge in [-0.05, 0) is 19.4 Å². The number of rotatable bonds is 3. The highest BCUT2D eigenvalue weighted by Crippen LogP contribution is 2.23. The Morgan fingerprint density at radius 2 is 1.95 bits per heavy atom. The van der Waals surface area contributed by atoms with Gasteiger partial charge in [-0.2, -0.15) is 0 Å². The lowest BCUT2D eigenvalue weighted by Gasteiger charge is -2.47. The van der Waals surface area contributed by atoms with Crippen molar-refractivity contribution >= 4 is 5.91 Å². The Morgan fingerprint density at radius 3 is 2.53 bits per heavy atom. The second-order valence-electron chi connectivity index (χ2n) is 5.74. The van der Waals surface area contributed by atoms with Crippen LogP contribution in [0, 0.1) is 0 Å². The molecule has 0 aromatic heterocycles. The van der Waals surface area contributed by atoms with E-state index in [1.807, 2.05) is 11.0 Å². The molecular weight excluding hydrogens is 238 g/mol. The van der Waals surface area contributed by atoms with Crippen LogP contribution < -0.4 is 5.73 Å². The lowest BCUT2D eigenvalue weighted by atomic mass is 9.97. The lowest BCUT2D eigenvalue weighted by molar-refractivity contribution is -0.134. The molecule has 0 bridgehead atoms. The van der Waals surface area contributed by atoms with Gasteiger partial charge in [-0.25, -0.2) is 0 Å². The van der Waals surface area contributed by atoms with E-state index in [1.165, 1.54) is 5.56 Å². The smallest absolute Gasteiger partial charge is 0.236 e. The summed E-state index contributed by atoms with van der Waals surface area (Å²) >= 11 is 0. The number of carbonyl (C=O) groups excluding carboxylic acids is 1. The fraction of sp³-hybridized carbons (Fsp3) is 0.533. The monoisotopic (exact) mass is 261 g/mol. The Labute approximate surface area is 115 Å². The van der Waals surface area contributed by atoms with Crippen LogP contribution in [0.4, 0.5) is 0 Å². The van der Waals surface area contributed by atoms with E-state index in [2.05, 4.69) is 43.0 Å². The average molecular weight is 261 g/mol.